The molecule has 1 atom stereocenters. The van der Waals surface area contributed by atoms with Crippen molar-refractivity contribution in [3.63, 3.8) is 0 Å². The molecule has 0 bridgehead atoms. The number of halogens is 2. The third-order valence-electron chi connectivity index (χ3n) is 9.98. The van der Waals surface area contributed by atoms with E-state index in [1.165, 1.54) is 7.11 Å². The Hall–Kier alpha value is -5.02. The number of fused-ring (bicyclic) bond motifs is 1. The molecule has 1 saturated heterocycles. The summed E-state index contributed by atoms with van der Waals surface area (Å²) in [4.78, 5) is 40.9. The smallest absolute Gasteiger partial charge is 0.410 e. The van der Waals surface area contributed by atoms with Crippen LogP contribution in [0.2, 0.25) is 10.0 Å². The second kappa shape index (κ2) is 16.1. The highest BCUT2D eigenvalue weighted by atomic mass is 35.5. The number of carbonyl (C=O) groups excluding carboxylic acids is 2. The molecule has 0 unspecified atom stereocenters. The van der Waals surface area contributed by atoms with Crippen molar-refractivity contribution in [2.24, 2.45) is 0 Å². The first-order chi connectivity index (χ1) is 27.1. The van der Waals surface area contributed by atoms with Crippen LogP contribution < -0.4 is 20.1 Å². The molecule has 2 amide bonds. The normalized spacial score (nSPS) is 19.3. The fourth-order valence-electron chi connectivity index (χ4n) is 7.26. The van der Waals surface area contributed by atoms with E-state index in [1.807, 2.05) is 70.3 Å². The zero-order valence-corrected chi connectivity index (χ0v) is 34.2. The maximum atomic E-state index is 13.3. The summed E-state index contributed by atoms with van der Waals surface area (Å²) in [6, 6.07) is 12.9. The number of ether oxygens (including phenoxy) is 3. The molecule has 0 spiro atoms. The summed E-state index contributed by atoms with van der Waals surface area (Å²) in [5.41, 5.74) is 3.55. The van der Waals surface area contributed by atoms with Gasteiger partial charge in [-0.2, -0.15) is 0 Å². The summed E-state index contributed by atoms with van der Waals surface area (Å²) in [5.74, 6) is 1.37. The Balaban J connectivity index is 1.16. The van der Waals surface area contributed by atoms with E-state index in [-0.39, 0.29) is 31.1 Å². The summed E-state index contributed by atoms with van der Waals surface area (Å²) >= 11 is 14.3. The highest BCUT2D eigenvalue weighted by Crippen LogP contribution is 2.42. The number of aromatic nitrogens is 5. The molecular weight excluding hydrogens is 771 g/mol. The summed E-state index contributed by atoms with van der Waals surface area (Å²) in [7, 11) is 3.09. The van der Waals surface area contributed by atoms with Gasteiger partial charge in [0.05, 0.1) is 54.3 Å². The first kappa shape index (κ1) is 40.2. The number of nitrogens with zero attached hydrogens (tertiary/aromatic N) is 6. The van der Waals surface area contributed by atoms with Crippen molar-refractivity contribution in [2.45, 2.75) is 89.8 Å². The predicted molar refractivity (Wildman–Crippen MR) is 216 cm³/mol. The average molecular weight is 818 g/mol. The molecule has 3 N–H and O–H groups in total. The molecule has 2 aliphatic rings. The summed E-state index contributed by atoms with van der Waals surface area (Å²) in [6.07, 6.45) is 5.38. The van der Waals surface area contributed by atoms with Crippen molar-refractivity contribution >= 4 is 40.8 Å². The number of amides is 2. The molecule has 1 saturated carbocycles. The zero-order chi connectivity index (χ0) is 40.6. The van der Waals surface area contributed by atoms with Crippen LogP contribution in [0.4, 0.5) is 4.79 Å². The largest absolute Gasteiger partial charge is 0.493 e. The Morgan fingerprint density at radius 2 is 1.82 bits per heavy atom. The number of carbonyl (C=O) groups is 2. The second-order valence-corrected chi connectivity index (χ2v) is 16.5. The van der Waals surface area contributed by atoms with Gasteiger partial charge in [0.1, 0.15) is 5.60 Å². The Bertz CT molecular complexity index is 2320. The van der Waals surface area contributed by atoms with E-state index in [0.717, 1.165) is 0 Å². The van der Waals surface area contributed by atoms with Gasteiger partial charge in [0.15, 0.2) is 17.2 Å². The van der Waals surface area contributed by atoms with Crippen LogP contribution >= 0.6 is 23.2 Å². The number of nitrogens with one attached hydrogen (secondary N) is 2. The summed E-state index contributed by atoms with van der Waals surface area (Å²) in [6.45, 7) is 8.13. The minimum atomic E-state index is -0.708. The van der Waals surface area contributed by atoms with Crippen molar-refractivity contribution in [1.29, 1.82) is 0 Å². The molecule has 1 aliphatic heterocycles. The fourth-order valence-corrected chi connectivity index (χ4v) is 7.91. The van der Waals surface area contributed by atoms with Gasteiger partial charge in [-0.1, -0.05) is 41.4 Å². The van der Waals surface area contributed by atoms with E-state index in [4.69, 9.17) is 42.4 Å². The topological polar surface area (TPSA) is 165 Å². The number of benzene rings is 1. The Morgan fingerprint density at radius 1 is 1.07 bits per heavy atom. The molecular formula is C41H46Cl2N8O6. The lowest BCUT2D eigenvalue weighted by Crippen LogP contribution is -2.51. The van der Waals surface area contributed by atoms with Crippen molar-refractivity contribution in [3.8, 4) is 45.3 Å². The van der Waals surface area contributed by atoms with Gasteiger partial charge in [0, 0.05) is 65.3 Å². The standard InChI is InChI=1S/C41H46Cl2N8O6/c1-40(2,3)57-39(53)50(22-25-11-13-33(52)46-25)20-23-10-12-30(47-38(23)56-6)29-9-7-8-27(34(29)42)28-14-15-44-36(35(28)43)24-16-31(55-5)37-48-32(49-51(37)21-24)19-45-26-17-41(4,54)18-26/h7-10,12,14-16,21,25-26,45,54H,11,13,17-20,22H2,1-6H3,(H,46,52)/t25-,26?,41?/m0/s1. The van der Waals surface area contributed by atoms with Gasteiger partial charge in [0.25, 0.3) is 0 Å². The monoisotopic (exact) mass is 816 g/mol. The molecule has 16 heteroatoms. The molecule has 4 aromatic heterocycles. The van der Waals surface area contributed by atoms with Gasteiger partial charge in [-0.15, -0.1) is 5.10 Å². The molecule has 57 heavy (non-hydrogen) atoms. The van der Waals surface area contributed by atoms with Crippen LogP contribution in [-0.2, 0) is 22.6 Å². The highest BCUT2D eigenvalue weighted by Gasteiger charge is 2.38. The lowest BCUT2D eigenvalue weighted by atomic mass is 9.77. The molecule has 14 nitrogen and oxygen atoms in total. The van der Waals surface area contributed by atoms with E-state index in [2.05, 4.69) is 25.7 Å². The minimum absolute atomic E-state index is 0.0379. The minimum Gasteiger partial charge on any atom is -0.493 e. The lowest BCUT2D eigenvalue weighted by Gasteiger charge is -2.41. The van der Waals surface area contributed by atoms with Gasteiger partial charge >= 0.3 is 6.09 Å². The van der Waals surface area contributed by atoms with Gasteiger partial charge in [-0.25, -0.2) is 19.3 Å². The second-order valence-electron chi connectivity index (χ2n) is 15.8. The van der Waals surface area contributed by atoms with Crippen LogP contribution in [0.1, 0.15) is 64.8 Å². The Labute approximate surface area is 340 Å². The predicted octanol–water partition coefficient (Wildman–Crippen LogP) is 6.86. The fraction of sp³-hybridized carbons (Fsp3) is 0.415. The molecule has 1 aromatic carbocycles. The van der Waals surface area contributed by atoms with E-state index in [0.29, 0.717) is 105 Å². The SMILES string of the molecule is COc1nc(-c2cccc(-c3ccnc(-c4cc(OC)c5nc(CNC6CC(C)(O)C6)nn5c4)c3Cl)c2Cl)ccc1CN(C[C@@H]1CCC(=O)N1)C(=O)OC(C)(C)C. The number of hydrogen-bond acceptors (Lipinski definition) is 11. The van der Waals surface area contributed by atoms with Crippen LogP contribution in [0, 0.1) is 0 Å². The van der Waals surface area contributed by atoms with Gasteiger partial charge in [-0.3, -0.25) is 9.78 Å². The number of aliphatic hydroxyl groups is 1. The van der Waals surface area contributed by atoms with E-state index in [1.54, 1.807) is 28.8 Å². The molecule has 5 heterocycles. The molecule has 1 aliphatic carbocycles. The highest BCUT2D eigenvalue weighted by molar-refractivity contribution is 6.39. The average Bonchev–Trinajstić information content (AvgIpc) is 3.77. The maximum absolute atomic E-state index is 13.3. The van der Waals surface area contributed by atoms with Crippen LogP contribution in [0.25, 0.3) is 39.3 Å². The number of methoxy groups -OCH3 is 2. The van der Waals surface area contributed by atoms with Gasteiger partial charge in [0.2, 0.25) is 11.8 Å². The van der Waals surface area contributed by atoms with Crippen molar-refractivity contribution in [1.82, 2.24) is 40.1 Å². The van der Waals surface area contributed by atoms with Gasteiger partial charge in [-0.05, 0) is 71.2 Å². The maximum Gasteiger partial charge on any atom is 0.410 e. The van der Waals surface area contributed by atoms with Crippen LogP contribution in [0.5, 0.6) is 11.6 Å². The summed E-state index contributed by atoms with van der Waals surface area (Å²) < 4.78 is 18.8. The number of pyridine rings is 3. The molecule has 2 fully saturated rings. The van der Waals surface area contributed by atoms with Crippen molar-refractivity contribution in [2.75, 3.05) is 20.8 Å². The number of rotatable bonds is 12. The molecule has 0 radical (unpaired) electrons. The first-order valence-corrected chi connectivity index (χ1v) is 19.5. The van der Waals surface area contributed by atoms with Crippen molar-refractivity contribution in [3.05, 3.63) is 76.3 Å². The van der Waals surface area contributed by atoms with E-state index >= 15 is 0 Å². The molecule has 7 rings (SSSR count). The Kier molecular flexibility index (Phi) is 11.3. The van der Waals surface area contributed by atoms with Gasteiger partial charge < -0.3 is 34.9 Å². The first-order valence-electron chi connectivity index (χ1n) is 18.8. The molecule has 5 aromatic rings. The lowest BCUT2D eigenvalue weighted by molar-refractivity contribution is -0.119. The summed E-state index contributed by atoms with van der Waals surface area (Å²) in [5, 5.41) is 21.9. The molecule has 300 valence electrons. The van der Waals surface area contributed by atoms with E-state index < -0.39 is 17.3 Å². The quantitative estimate of drug-likeness (QED) is 0.120. The Morgan fingerprint density at radius 3 is 2.51 bits per heavy atom. The third kappa shape index (κ3) is 8.94. The van der Waals surface area contributed by atoms with Crippen molar-refractivity contribution < 1.29 is 28.9 Å². The van der Waals surface area contributed by atoms with Crippen LogP contribution in [-0.4, -0.2) is 90.6 Å². The third-order valence-corrected chi connectivity index (χ3v) is 10.8. The zero-order valence-electron chi connectivity index (χ0n) is 32.7. The van der Waals surface area contributed by atoms with Crippen LogP contribution in [0.15, 0.2) is 54.9 Å². The van der Waals surface area contributed by atoms with Crippen LogP contribution in [0.3, 0.4) is 0 Å². The number of hydrogen-bond donors (Lipinski definition) is 3. The van der Waals surface area contributed by atoms with E-state index in [9.17, 15) is 14.7 Å².